The van der Waals surface area contributed by atoms with E-state index in [1.165, 1.54) is 17.4 Å². The smallest absolute Gasteiger partial charge is 0.152 e. The summed E-state index contributed by atoms with van der Waals surface area (Å²) >= 11 is 3.09. The van der Waals surface area contributed by atoms with Crippen molar-refractivity contribution < 1.29 is 4.39 Å². The van der Waals surface area contributed by atoms with E-state index in [4.69, 9.17) is 5.73 Å². The molecule has 0 unspecified atom stereocenters. The molecule has 0 saturated carbocycles. The molecule has 0 bridgehead atoms. The Hall–Kier alpha value is -1.07. The first kappa shape index (κ1) is 13.4. The standard InChI is InChI=1S/C13H15FN2S2/c1-8(2)7-17-13-16-11(12(15)18-13)9-5-3-4-6-10(9)14/h3-6,8H,7,15H2,1-2H3. The van der Waals surface area contributed by atoms with Gasteiger partial charge in [0, 0.05) is 11.3 Å². The number of benzene rings is 1. The summed E-state index contributed by atoms with van der Waals surface area (Å²) in [4.78, 5) is 4.43. The number of anilines is 1. The molecule has 0 aliphatic heterocycles. The molecule has 1 aromatic heterocycles. The molecule has 0 aliphatic carbocycles. The molecule has 1 aromatic carbocycles. The van der Waals surface area contributed by atoms with Crippen molar-refractivity contribution in [3.8, 4) is 11.3 Å². The van der Waals surface area contributed by atoms with E-state index in [2.05, 4.69) is 18.8 Å². The highest BCUT2D eigenvalue weighted by molar-refractivity contribution is 8.01. The minimum absolute atomic E-state index is 0.282. The number of hydrogen-bond acceptors (Lipinski definition) is 4. The molecule has 18 heavy (non-hydrogen) atoms. The van der Waals surface area contributed by atoms with Gasteiger partial charge in [0.2, 0.25) is 0 Å². The second kappa shape index (κ2) is 5.71. The van der Waals surface area contributed by atoms with E-state index in [1.54, 1.807) is 30.0 Å². The van der Waals surface area contributed by atoms with Gasteiger partial charge in [-0.2, -0.15) is 0 Å². The quantitative estimate of drug-likeness (QED) is 0.851. The zero-order valence-electron chi connectivity index (χ0n) is 10.3. The predicted octanol–water partition coefficient (Wildman–Crippen LogP) is 4.28. The van der Waals surface area contributed by atoms with E-state index in [-0.39, 0.29) is 5.82 Å². The van der Waals surface area contributed by atoms with Crippen molar-refractivity contribution in [3.05, 3.63) is 30.1 Å². The minimum atomic E-state index is -0.282. The monoisotopic (exact) mass is 282 g/mol. The fourth-order valence-corrected chi connectivity index (χ4v) is 3.38. The van der Waals surface area contributed by atoms with Crippen molar-refractivity contribution in [2.75, 3.05) is 11.5 Å². The fourth-order valence-electron chi connectivity index (χ4n) is 1.46. The van der Waals surface area contributed by atoms with Crippen molar-refractivity contribution in [3.63, 3.8) is 0 Å². The Morgan fingerprint density at radius 2 is 2.11 bits per heavy atom. The van der Waals surface area contributed by atoms with Gasteiger partial charge in [-0.05, 0) is 18.1 Å². The average molecular weight is 282 g/mol. The third-order valence-electron chi connectivity index (χ3n) is 2.30. The average Bonchev–Trinajstić information content (AvgIpc) is 2.69. The third kappa shape index (κ3) is 3.03. The van der Waals surface area contributed by atoms with Crippen LogP contribution in [0.25, 0.3) is 11.3 Å². The van der Waals surface area contributed by atoms with Crippen LogP contribution in [0.4, 0.5) is 9.39 Å². The van der Waals surface area contributed by atoms with Crippen molar-refractivity contribution in [1.29, 1.82) is 0 Å². The Labute approximate surface area is 114 Å². The first-order valence-corrected chi connectivity index (χ1v) is 7.52. The van der Waals surface area contributed by atoms with Crippen molar-refractivity contribution >= 4 is 28.1 Å². The van der Waals surface area contributed by atoms with Gasteiger partial charge in [0.05, 0.1) is 0 Å². The highest BCUT2D eigenvalue weighted by atomic mass is 32.2. The summed E-state index contributed by atoms with van der Waals surface area (Å²) < 4.78 is 14.6. The number of nitrogen functional groups attached to an aromatic ring is 1. The Morgan fingerprint density at radius 1 is 1.39 bits per heavy atom. The van der Waals surface area contributed by atoms with Gasteiger partial charge in [-0.1, -0.05) is 49.1 Å². The Morgan fingerprint density at radius 3 is 2.78 bits per heavy atom. The summed E-state index contributed by atoms with van der Waals surface area (Å²) in [5.74, 6) is 1.30. The van der Waals surface area contributed by atoms with Gasteiger partial charge in [0.15, 0.2) is 4.34 Å². The molecule has 2 aromatic rings. The number of aromatic nitrogens is 1. The molecule has 2 rings (SSSR count). The Bertz CT molecular complexity index is 538. The fraction of sp³-hybridized carbons (Fsp3) is 0.308. The molecule has 2 N–H and O–H groups in total. The highest BCUT2D eigenvalue weighted by Crippen LogP contribution is 2.36. The van der Waals surface area contributed by atoms with E-state index in [0.717, 1.165) is 10.1 Å². The third-order valence-corrected chi connectivity index (χ3v) is 4.76. The van der Waals surface area contributed by atoms with Crippen LogP contribution >= 0.6 is 23.1 Å². The molecular weight excluding hydrogens is 267 g/mol. The number of thiazole rings is 1. The summed E-state index contributed by atoms with van der Waals surface area (Å²) in [5, 5.41) is 0.575. The summed E-state index contributed by atoms with van der Waals surface area (Å²) in [5.41, 5.74) is 6.96. The van der Waals surface area contributed by atoms with Crippen molar-refractivity contribution in [2.45, 2.75) is 18.2 Å². The van der Waals surface area contributed by atoms with Crippen LogP contribution in [0.3, 0.4) is 0 Å². The largest absolute Gasteiger partial charge is 0.389 e. The van der Waals surface area contributed by atoms with Crippen LogP contribution in [0.1, 0.15) is 13.8 Å². The second-order valence-corrected chi connectivity index (χ2v) is 6.68. The number of nitrogens with two attached hydrogens (primary N) is 1. The number of rotatable bonds is 4. The lowest BCUT2D eigenvalue weighted by molar-refractivity contribution is 0.631. The van der Waals surface area contributed by atoms with Gasteiger partial charge in [-0.15, -0.1) is 0 Å². The van der Waals surface area contributed by atoms with E-state index in [0.29, 0.717) is 22.2 Å². The lowest BCUT2D eigenvalue weighted by Crippen LogP contribution is -1.90. The van der Waals surface area contributed by atoms with Crippen LogP contribution in [0.5, 0.6) is 0 Å². The molecule has 1 heterocycles. The number of halogens is 1. The molecule has 0 saturated heterocycles. The zero-order chi connectivity index (χ0) is 13.1. The highest BCUT2D eigenvalue weighted by Gasteiger charge is 2.14. The van der Waals surface area contributed by atoms with Gasteiger partial charge in [-0.25, -0.2) is 9.37 Å². The maximum Gasteiger partial charge on any atom is 0.152 e. The number of thioether (sulfide) groups is 1. The van der Waals surface area contributed by atoms with Crippen LogP contribution < -0.4 is 5.73 Å². The molecule has 96 valence electrons. The topological polar surface area (TPSA) is 38.9 Å². The lowest BCUT2D eigenvalue weighted by Gasteiger charge is -2.00. The molecule has 0 fully saturated rings. The van der Waals surface area contributed by atoms with Gasteiger partial charge in [-0.3, -0.25) is 0 Å². The van der Waals surface area contributed by atoms with Crippen LogP contribution in [0.15, 0.2) is 28.6 Å². The van der Waals surface area contributed by atoms with Crippen LogP contribution in [0.2, 0.25) is 0 Å². The summed E-state index contributed by atoms with van der Waals surface area (Å²) in [6.45, 7) is 4.31. The maximum atomic E-state index is 13.7. The summed E-state index contributed by atoms with van der Waals surface area (Å²) in [6.07, 6.45) is 0. The molecule has 0 radical (unpaired) electrons. The SMILES string of the molecule is CC(C)CSc1nc(-c2ccccc2F)c(N)s1. The molecule has 0 aliphatic rings. The normalized spacial score (nSPS) is 11.1. The zero-order valence-corrected chi connectivity index (χ0v) is 11.9. The predicted molar refractivity (Wildman–Crippen MR) is 77.5 cm³/mol. The van der Waals surface area contributed by atoms with Gasteiger partial charge in [0.25, 0.3) is 0 Å². The van der Waals surface area contributed by atoms with E-state index in [1.807, 2.05) is 0 Å². The van der Waals surface area contributed by atoms with E-state index < -0.39 is 0 Å². The molecule has 2 nitrogen and oxygen atoms in total. The van der Waals surface area contributed by atoms with Crippen LogP contribution in [-0.2, 0) is 0 Å². The van der Waals surface area contributed by atoms with Crippen molar-refractivity contribution in [1.82, 2.24) is 4.98 Å². The first-order valence-electron chi connectivity index (χ1n) is 5.72. The molecule has 0 spiro atoms. The molecule has 0 amide bonds. The number of nitrogens with zero attached hydrogens (tertiary/aromatic N) is 1. The van der Waals surface area contributed by atoms with E-state index in [9.17, 15) is 4.39 Å². The first-order chi connectivity index (χ1) is 8.58. The Balaban J connectivity index is 2.27. The number of hydrogen-bond donors (Lipinski definition) is 1. The maximum absolute atomic E-state index is 13.7. The molecule has 5 heteroatoms. The van der Waals surface area contributed by atoms with Crippen LogP contribution in [0, 0.1) is 11.7 Å². The summed E-state index contributed by atoms with van der Waals surface area (Å²) in [7, 11) is 0. The van der Waals surface area contributed by atoms with Crippen LogP contribution in [-0.4, -0.2) is 10.7 Å². The molecular formula is C13H15FN2S2. The summed E-state index contributed by atoms with van der Waals surface area (Å²) in [6, 6.07) is 6.58. The molecule has 0 atom stereocenters. The van der Waals surface area contributed by atoms with Gasteiger partial charge >= 0.3 is 0 Å². The van der Waals surface area contributed by atoms with Gasteiger partial charge < -0.3 is 5.73 Å². The Kier molecular flexibility index (Phi) is 4.24. The van der Waals surface area contributed by atoms with Crippen molar-refractivity contribution in [2.24, 2.45) is 5.92 Å². The lowest BCUT2D eigenvalue weighted by atomic mass is 10.1. The second-order valence-electron chi connectivity index (χ2n) is 4.38. The minimum Gasteiger partial charge on any atom is -0.389 e. The van der Waals surface area contributed by atoms with E-state index >= 15 is 0 Å². The van der Waals surface area contributed by atoms with Gasteiger partial charge in [0.1, 0.15) is 16.5 Å².